The molecule has 1 amide bonds. The van der Waals surface area contributed by atoms with Crippen molar-refractivity contribution in [2.24, 2.45) is 0 Å². The van der Waals surface area contributed by atoms with E-state index in [0.717, 1.165) is 31.7 Å². The number of hydrogen-bond donors (Lipinski definition) is 1. The number of piperazine rings is 1. The molecular formula is C20H26N3O3S+. The van der Waals surface area contributed by atoms with Crippen LogP contribution in [-0.4, -0.2) is 58.7 Å². The van der Waals surface area contributed by atoms with Gasteiger partial charge in [0.25, 0.3) is 5.91 Å². The molecule has 1 heterocycles. The zero-order valence-corrected chi connectivity index (χ0v) is 16.6. The standard InChI is InChI=1S/C20H25N3O3S/c1-21-12-14-22(15-13-21)20(24)18-10-8-17(9-11-18)16-23(27(2,25)26)19-6-4-3-5-7-19/h3-11H,12-16H2,1-2H3/p+1. The molecule has 0 radical (unpaired) electrons. The lowest BCUT2D eigenvalue weighted by atomic mass is 10.1. The van der Waals surface area contributed by atoms with Gasteiger partial charge in [-0.1, -0.05) is 30.3 Å². The van der Waals surface area contributed by atoms with E-state index in [1.165, 1.54) is 15.5 Å². The van der Waals surface area contributed by atoms with Crippen molar-refractivity contribution in [2.75, 3.05) is 43.8 Å². The van der Waals surface area contributed by atoms with E-state index in [0.29, 0.717) is 11.3 Å². The van der Waals surface area contributed by atoms with Crippen molar-refractivity contribution >= 4 is 21.6 Å². The SMILES string of the molecule is C[NH+]1CCN(C(=O)c2ccc(CN(c3ccccc3)S(C)(=O)=O)cc2)CC1. The molecule has 144 valence electrons. The van der Waals surface area contributed by atoms with Gasteiger partial charge in [-0.05, 0) is 29.8 Å². The molecule has 1 aliphatic heterocycles. The second kappa shape index (κ2) is 8.10. The number of likely N-dealkylation sites (N-methyl/N-ethyl adjacent to an activating group) is 1. The fraction of sp³-hybridized carbons (Fsp3) is 0.350. The van der Waals surface area contributed by atoms with Crippen molar-refractivity contribution < 1.29 is 18.1 Å². The molecule has 0 spiro atoms. The molecule has 6 nitrogen and oxygen atoms in total. The molecule has 2 aromatic rings. The van der Waals surface area contributed by atoms with Gasteiger partial charge in [0.15, 0.2) is 0 Å². The number of benzene rings is 2. The van der Waals surface area contributed by atoms with E-state index in [9.17, 15) is 13.2 Å². The minimum atomic E-state index is -3.41. The Balaban J connectivity index is 1.73. The molecule has 0 atom stereocenters. The number of carbonyl (C=O) groups excluding carboxylic acids is 1. The van der Waals surface area contributed by atoms with Crippen LogP contribution in [0, 0.1) is 0 Å². The second-order valence-corrected chi connectivity index (χ2v) is 8.96. The van der Waals surface area contributed by atoms with E-state index in [1.54, 1.807) is 24.3 Å². The summed E-state index contributed by atoms with van der Waals surface area (Å²) in [5, 5.41) is 0. The summed E-state index contributed by atoms with van der Waals surface area (Å²) in [6.45, 7) is 3.69. The highest BCUT2D eigenvalue weighted by molar-refractivity contribution is 7.92. The van der Waals surface area contributed by atoms with Gasteiger partial charge in [0, 0.05) is 5.56 Å². The molecule has 27 heavy (non-hydrogen) atoms. The Morgan fingerprint density at radius 1 is 1.04 bits per heavy atom. The Labute approximate surface area is 161 Å². The van der Waals surface area contributed by atoms with E-state index in [2.05, 4.69) is 7.05 Å². The zero-order chi connectivity index (χ0) is 19.4. The topological polar surface area (TPSA) is 62.1 Å². The second-order valence-electron chi connectivity index (χ2n) is 7.05. The Kier molecular flexibility index (Phi) is 5.82. The van der Waals surface area contributed by atoms with Crippen LogP contribution in [0.1, 0.15) is 15.9 Å². The normalized spacial score (nSPS) is 15.6. The van der Waals surface area contributed by atoms with Gasteiger partial charge in [0.1, 0.15) is 0 Å². The van der Waals surface area contributed by atoms with Crippen LogP contribution in [0.5, 0.6) is 0 Å². The summed E-state index contributed by atoms with van der Waals surface area (Å²) in [5.74, 6) is 0.0390. The van der Waals surface area contributed by atoms with E-state index in [1.807, 2.05) is 35.2 Å². The number of nitrogens with zero attached hydrogens (tertiary/aromatic N) is 2. The van der Waals surface area contributed by atoms with Crippen LogP contribution < -0.4 is 9.21 Å². The largest absolute Gasteiger partial charge is 0.334 e. The van der Waals surface area contributed by atoms with Crippen LogP contribution in [0.2, 0.25) is 0 Å². The average Bonchev–Trinajstić information content (AvgIpc) is 2.66. The monoisotopic (exact) mass is 388 g/mol. The first-order valence-corrected chi connectivity index (χ1v) is 10.9. The summed E-state index contributed by atoms with van der Waals surface area (Å²) in [6.07, 6.45) is 1.20. The van der Waals surface area contributed by atoms with Crippen molar-refractivity contribution in [2.45, 2.75) is 6.54 Å². The molecule has 0 aromatic heterocycles. The van der Waals surface area contributed by atoms with Crippen LogP contribution in [0.25, 0.3) is 0 Å². The van der Waals surface area contributed by atoms with Crippen LogP contribution >= 0.6 is 0 Å². The average molecular weight is 389 g/mol. The molecule has 0 aliphatic carbocycles. The van der Waals surface area contributed by atoms with Crippen molar-refractivity contribution in [3.8, 4) is 0 Å². The van der Waals surface area contributed by atoms with Crippen molar-refractivity contribution in [1.29, 1.82) is 0 Å². The number of hydrogen-bond acceptors (Lipinski definition) is 3. The highest BCUT2D eigenvalue weighted by Gasteiger charge is 2.23. The van der Waals surface area contributed by atoms with Crippen LogP contribution in [-0.2, 0) is 16.6 Å². The van der Waals surface area contributed by atoms with E-state index < -0.39 is 10.0 Å². The molecule has 3 rings (SSSR count). The first kappa shape index (κ1) is 19.4. The number of amides is 1. The quantitative estimate of drug-likeness (QED) is 0.817. The number of nitrogens with one attached hydrogen (secondary N) is 1. The minimum Gasteiger partial charge on any atom is -0.334 e. The Hall–Kier alpha value is -2.38. The van der Waals surface area contributed by atoms with Crippen LogP contribution in [0.4, 0.5) is 5.69 Å². The lowest BCUT2D eigenvalue weighted by molar-refractivity contribution is -0.883. The van der Waals surface area contributed by atoms with Gasteiger partial charge in [-0.3, -0.25) is 9.10 Å². The predicted octanol–water partition coefficient (Wildman–Crippen LogP) is 0.623. The molecule has 0 bridgehead atoms. The summed E-state index contributed by atoms with van der Waals surface area (Å²) in [6, 6.07) is 16.3. The molecule has 7 heteroatoms. The third-order valence-electron chi connectivity index (χ3n) is 4.88. The summed E-state index contributed by atoms with van der Waals surface area (Å²) in [7, 11) is -1.27. The van der Waals surface area contributed by atoms with E-state index >= 15 is 0 Å². The van der Waals surface area contributed by atoms with E-state index in [-0.39, 0.29) is 12.5 Å². The Morgan fingerprint density at radius 2 is 1.63 bits per heavy atom. The van der Waals surface area contributed by atoms with Crippen molar-refractivity contribution in [3.63, 3.8) is 0 Å². The fourth-order valence-electron chi connectivity index (χ4n) is 3.19. The summed E-state index contributed by atoms with van der Waals surface area (Å²) in [4.78, 5) is 16.0. The van der Waals surface area contributed by atoms with Crippen LogP contribution in [0.3, 0.4) is 0 Å². The van der Waals surface area contributed by atoms with E-state index in [4.69, 9.17) is 0 Å². The van der Waals surface area contributed by atoms with Gasteiger partial charge < -0.3 is 9.80 Å². The third kappa shape index (κ3) is 4.87. The molecule has 0 saturated carbocycles. The molecule has 1 fully saturated rings. The lowest BCUT2D eigenvalue weighted by Crippen LogP contribution is -3.12. The summed E-state index contributed by atoms with van der Waals surface area (Å²) < 4.78 is 25.8. The smallest absolute Gasteiger partial charge is 0.254 e. The molecule has 2 aromatic carbocycles. The number of rotatable bonds is 5. The van der Waals surface area contributed by atoms with Crippen LogP contribution in [0.15, 0.2) is 54.6 Å². The van der Waals surface area contributed by atoms with Gasteiger partial charge >= 0.3 is 0 Å². The van der Waals surface area contributed by atoms with Gasteiger partial charge in [-0.25, -0.2) is 8.42 Å². The highest BCUT2D eigenvalue weighted by atomic mass is 32.2. The summed E-state index contributed by atoms with van der Waals surface area (Å²) >= 11 is 0. The molecule has 1 saturated heterocycles. The Bertz CT molecular complexity index is 874. The minimum absolute atomic E-state index is 0.0390. The van der Waals surface area contributed by atoms with Crippen molar-refractivity contribution in [3.05, 3.63) is 65.7 Å². The number of sulfonamides is 1. The lowest BCUT2D eigenvalue weighted by Gasteiger charge is -2.30. The number of para-hydroxylation sites is 1. The summed E-state index contributed by atoms with van der Waals surface area (Å²) in [5.41, 5.74) is 2.10. The van der Waals surface area contributed by atoms with Crippen molar-refractivity contribution in [1.82, 2.24) is 4.90 Å². The number of carbonyl (C=O) groups is 1. The first-order chi connectivity index (χ1) is 12.8. The zero-order valence-electron chi connectivity index (χ0n) is 15.8. The van der Waals surface area contributed by atoms with Gasteiger partial charge in [0.05, 0.1) is 51.7 Å². The maximum Gasteiger partial charge on any atom is 0.254 e. The maximum atomic E-state index is 12.6. The fourth-order valence-corrected chi connectivity index (χ4v) is 4.08. The third-order valence-corrected chi connectivity index (χ3v) is 6.02. The molecule has 1 aliphatic rings. The predicted molar refractivity (Wildman–Crippen MR) is 106 cm³/mol. The number of anilines is 1. The van der Waals surface area contributed by atoms with Gasteiger partial charge in [-0.15, -0.1) is 0 Å². The maximum absolute atomic E-state index is 12.6. The highest BCUT2D eigenvalue weighted by Crippen LogP contribution is 2.20. The molecule has 1 N–H and O–H groups in total. The molecule has 0 unspecified atom stereocenters. The Morgan fingerprint density at radius 3 is 2.19 bits per heavy atom. The van der Waals surface area contributed by atoms with Gasteiger partial charge in [0.2, 0.25) is 10.0 Å². The number of quaternary nitrogens is 1. The molecular weight excluding hydrogens is 362 g/mol. The first-order valence-electron chi connectivity index (χ1n) is 9.07. The van der Waals surface area contributed by atoms with Gasteiger partial charge in [-0.2, -0.15) is 0 Å².